The van der Waals surface area contributed by atoms with Gasteiger partial charge in [-0.25, -0.2) is 0 Å². The van der Waals surface area contributed by atoms with Gasteiger partial charge in [-0.2, -0.15) is 0 Å². The molecule has 1 nitrogen and oxygen atoms in total. The van der Waals surface area contributed by atoms with Crippen molar-refractivity contribution in [1.82, 2.24) is 0 Å². The lowest BCUT2D eigenvalue weighted by atomic mass is 9.83. The molecule has 0 aliphatic heterocycles. The van der Waals surface area contributed by atoms with E-state index in [1.807, 2.05) is 13.0 Å². The molecule has 0 aliphatic carbocycles. The Labute approximate surface area is 82.2 Å². The first-order chi connectivity index (χ1) is 6.08. The molecule has 0 aliphatic rings. The molecular weight excluding hydrogens is 160 g/mol. The molecule has 2 atom stereocenters. The summed E-state index contributed by atoms with van der Waals surface area (Å²) in [6, 6.07) is 0. The lowest BCUT2D eigenvalue weighted by Gasteiger charge is -2.20. The van der Waals surface area contributed by atoms with Crippen molar-refractivity contribution in [2.45, 2.75) is 40.5 Å². The van der Waals surface area contributed by atoms with E-state index in [4.69, 9.17) is 0 Å². The van der Waals surface area contributed by atoms with Crippen LogP contribution in [0.25, 0.3) is 0 Å². The molecule has 1 heteroatoms. The quantitative estimate of drug-likeness (QED) is 0.575. The van der Waals surface area contributed by atoms with Gasteiger partial charge in [-0.05, 0) is 18.8 Å². The zero-order valence-corrected chi connectivity index (χ0v) is 9.34. The van der Waals surface area contributed by atoms with Gasteiger partial charge in [0.2, 0.25) is 0 Å². The topological polar surface area (TPSA) is 17.1 Å². The normalized spacial score (nSPS) is 15.5. The highest BCUT2D eigenvalue weighted by Gasteiger charge is 2.23. The number of Topliss-reactive ketones (excluding diaryl/α,β-unsaturated/α-hetero) is 1. The Morgan fingerprint density at radius 2 is 1.77 bits per heavy atom. The number of hydrogen-bond donors (Lipinski definition) is 0. The third kappa shape index (κ3) is 3.33. The van der Waals surface area contributed by atoms with Crippen LogP contribution < -0.4 is 0 Å². The van der Waals surface area contributed by atoms with Crippen LogP contribution in [0.2, 0.25) is 0 Å². The van der Waals surface area contributed by atoms with Crippen LogP contribution in [-0.2, 0) is 4.79 Å². The SMILES string of the molecule is C=C[C@H](C)[C@H](C)C(=O)C(CC)CC. The fraction of sp³-hybridized carbons (Fsp3) is 0.750. The van der Waals surface area contributed by atoms with Crippen molar-refractivity contribution < 1.29 is 4.79 Å². The summed E-state index contributed by atoms with van der Waals surface area (Å²) in [5, 5.41) is 0. The van der Waals surface area contributed by atoms with Crippen LogP contribution in [0.3, 0.4) is 0 Å². The Kier molecular flexibility index (Phi) is 5.68. The Bertz CT molecular complexity index is 168. The molecule has 0 aromatic rings. The van der Waals surface area contributed by atoms with Gasteiger partial charge in [-0.1, -0.05) is 33.8 Å². The molecule has 0 heterocycles. The van der Waals surface area contributed by atoms with Gasteiger partial charge in [0.25, 0.3) is 0 Å². The van der Waals surface area contributed by atoms with Gasteiger partial charge in [0, 0.05) is 11.8 Å². The summed E-state index contributed by atoms with van der Waals surface area (Å²) in [5.41, 5.74) is 0. The maximum atomic E-state index is 11.9. The number of ketones is 1. The first kappa shape index (κ1) is 12.4. The Balaban J connectivity index is 4.30. The van der Waals surface area contributed by atoms with E-state index in [9.17, 15) is 4.79 Å². The molecular formula is C12H22O. The molecule has 0 unspecified atom stereocenters. The monoisotopic (exact) mass is 182 g/mol. The molecule has 0 radical (unpaired) electrons. The van der Waals surface area contributed by atoms with E-state index >= 15 is 0 Å². The molecule has 0 aromatic carbocycles. The molecule has 13 heavy (non-hydrogen) atoms. The van der Waals surface area contributed by atoms with E-state index in [-0.39, 0.29) is 11.8 Å². The lowest BCUT2D eigenvalue weighted by molar-refractivity contribution is -0.127. The third-order valence-electron chi connectivity index (χ3n) is 3.00. The number of carbonyl (C=O) groups is 1. The van der Waals surface area contributed by atoms with Gasteiger partial charge in [-0.15, -0.1) is 6.58 Å². The van der Waals surface area contributed by atoms with E-state index in [1.54, 1.807) is 0 Å². The average molecular weight is 182 g/mol. The van der Waals surface area contributed by atoms with Gasteiger partial charge < -0.3 is 0 Å². The largest absolute Gasteiger partial charge is 0.299 e. The molecule has 76 valence electrons. The maximum Gasteiger partial charge on any atom is 0.139 e. The van der Waals surface area contributed by atoms with Gasteiger partial charge in [0.15, 0.2) is 0 Å². The van der Waals surface area contributed by atoms with Gasteiger partial charge in [-0.3, -0.25) is 4.79 Å². The van der Waals surface area contributed by atoms with Gasteiger partial charge in [0.05, 0.1) is 0 Å². The summed E-state index contributed by atoms with van der Waals surface area (Å²) in [5.74, 6) is 1.07. The second-order valence-electron chi connectivity index (χ2n) is 3.80. The Morgan fingerprint density at radius 1 is 1.31 bits per heavy atom. The second kappa shape index (κ2) is 5.95. The van der Waals surface area contributed by atoms with Crippen molar-refractivity contribution in [3.63, 3.8) is 0 Å². The molecule has 0 amide bonds. The van der Waals surface area contributed by atoms with Gasteiger partial charge >= 0.3 is 0 Å². The summed E-state index contributed by atoms with van der Waals surface area (Å²) in [7, 11) is 0. The van der Waals surface area contributed by atoms with E-state index in [2.05, 4.69) is 27.4 Å². The number of carbonyl (C=O) groups excluding carboxylic acids is 1. The number of allylic oxidation sites excluding steroid dienone is 1. The molecule has 0 saturated carbocycles. The maximum absolute atomic E-state index is 11.9. The minimum Gasteiger partial charge on any atom is -0.299 e. The highest BCUT2D eigenvalue weighted by atomic mass is 16.1. The standard InChI is InChI=1S/C12H22O/c1-6-9(4)10(5)12(13)11(7-2)8-3/h6,9-11H,1,7-8H2,2-5H3/t9-,10-/m0/s1. The molecule has 0 N–H and O–H groups in total. The van der Waals surface area contributed by atoms with Crippen LogP contribution in [0.15, 0.2) is 12.7 Å². The van der Waals surface area contributed by atoms with Crippen molar-refractivity contribution >= 4 is 5.78 Å². The molecule has 0 fully saturated rings. The molecule has 0 rings (SSSR count). The summed E-state index contributed by atoms with van der Waals surface area (Å²) in [6.45, 7) is 11.9. The summed E-state index contributed by atoms with van der Waals surface area (Å²) in [4.78, 5) is 11.9. The van der Waals surface area contributed by atoms with Gasteiger partial charge in [0.1, 0.15) is 5.78 Å². The first-order valence-electron chi connectivity index (χ1n) is 5.24. The lowest BCUT2D eigenvalue weighted by Crippen LogP contribution is -2.24. The van der Waals surface area contributed by atoms with Crippen molar-refractivity contribution in [3.05, 3.63) is 12.7 Å². The van der Waals surface area contributed by atoms with Crippen LogP contribution in [0.4, 0.5) is 0 Å². The minimum absolute atomic E-state index is 0.127. The summed E-state index contributed by atoms with van der Waals surface area (Å²) in [6.07, 6.45) is 3.79. The zero-order valence-electron chi connectivity index (χ0n) is 9.34. The highest BCUT2D eigenvalue weighted by molar-refractivity contribution is 5.83. The predicted molar refractivity (Wildman–Crippen MR) is 57.6 cm³/mol. The average Bonchev–Trinajstić information content (AvgIpc) is 2.17. The smallest absolute Gasteiger partial charge is 0.139 e. The zero-order chi connectivity index (χ0) is 10.4. The predicted octanol–water partition coefficient (Wildman–Crippen LogP) is 3.45. The van der Waals surface area contributed by atoms with Crippen molar-refractivity contribution in [1.29, 1.82) is 0 Å². The summed E-state index contributed by atoms with van der Waals surface area (Å²) >= 11 is 0. The first-order valence-corrected chi connectivity index (χ1v) is 5.24. The van der Waals surface area contributed by atoms with Crippen molar-refractivity contribution in [2.75, 3.05) is 0 Å². The van der Waals surface area contributed by atoms with Crippen LogP contribution in [0.5, 0.6) is 0 Å². The summed E-state index contributed by atoms with van der Waals surface area (Å²) < 4.78 is 0. The molecule has 0 aromatic heterocycles. The Hall–Kier alpha value is -0.590. The highest BCUT2D eigenvalue weighted by Crippen LogP contribution is 2.21. The third-order valence-corrected chi connectivity index (χ3v) is 3.00. The van der Waals surface area contributed by atoms with E-state index < -0.39 is 0 Å². The van der Waals surface area contributed by atoms with E-state index in [0.29, 0.717) is 11.7 Å². The fourth-order valence-electron chi connectivity index (χ4n) is 1.53. The van der Waals surface area contributed by atoms with E-state index in [1.165, 1.54) is 0 Å². The minimum atomic E-state index is 0.127. The Morgan fingerprint density at radius 3 is 2.08 bits per heavy atom. The molecule has 0 bridgehead atoms. The van der Waals surface area contributed by atoms with Crippen LogP contribution in [0, 0.1) is 17.8 Å². The molecule has 0 spiro atoms. The van der Waals surface area contributed by atoms with Crippen LogP contribution >= 0.6 is 0 Å². The molecule has 0 saturated heterocycles. The van der Waals surface area contributed by atoms with Crippen molar-refractivity contribution in [2.24, 2.45) is 17.8 Å². The second-order valence-corrected chi connectivity index (χ2v) is 3.80. The van der Waals surface area contributed by atoms with Crippen molar-refractivity contribution in [3.8, 4) is 0 Å². The number of rotatable bonds is 6. The van der Waals surface area contributed by atoms with E-state index in [0.717, 1.165) is 12.8 Å². The van der Waals surface area contributed by atoms with Crippen LogP contribution in [0.1, 0.15) is 40.5 Å². The van der Waals surface area contributed by atoms with Crippen LogP contribution in [-0.4, -0.2) is 5.78 Å². The number of hydrogen-bond acceptors (Lipinski definition) is 1. The fourth-order valence-corrected chi connectivity index (χ4v) is 1.53.